The number of aryl methyl sites for hydroxylation is 1. The lowest BCUT2D eigenvalue weighted by Gasteiger charge is -2.09. The number of aromatic amines is 1. The first-order valence-electron chi connectivity index (χ1n) is 7.44. The van der Waals surface area contributed by atoms with Gasteiger partial charge in [0, 0.05) is 5.39 Å². The van der Waals surface area contributed by atoms with Crippen LogP contribution in [0.15, 0.2) is 53.3 Å². The molecule has 3 aromatic rings. The van der Waals surface area contributed by atoms with Crippen LogP contribution < -0.4 is 10.3 Å². The standard InChI is InChI=1S/C17H17N3O3S/c1-12-6-2-3-7-13(12)11-24(22,23)18-10-16-14-8-4-5-9-15(14)17(21)20-19-16/h2-9,18H,10-11H2,1H3,(H,20,21). The Bertz CT molecular complexity index is 1040. The van der Waals surface area contributed by atoms with Crippen molar-refractivity contribution >= 4 is 20.8 Å². The molecule has 0 aliphatic rings. The fraction of sp³-hybridized carbons (Fsp3) is 0.176. The summed E-state index contributed by atoms with van der Waals surface area (Å²) in [6.07, 6.45) is 0. The van der Waals surface area contributed by atoms with Crippen LogP contribution in [-0.2, 0) is 22.3 Å². The lowest BCUT2D eigenvalue weighted by Crippen LogP contribution is -2.26. The molecular formula is C17H17N3O3S. The average molecular weight is 343 g/mol. The molecule has 0 aliphatic heterocycles. The Labute approximate surface area is 139 Å². The Morgan fingerprint density at radius 1 is 1.04 bits per heavy atom. The van der Waals surface area contributed by atoms with Crippen molar-refractivity contribution in [3.8, 4) is 0 Å². The number of rotatable bonds is 5. The average Bonchev–Trinajstić information content (AvgIpc) is 2.57. The van der Waals surface area contributed by atoms with E-state index in [9.17, 15) is 13.2 Å². The van der Waals surface area contributed by atoms with Crippen molar-refractivity contribution in [2.45, 2.75) is 19.2 Å². The van der Waals surface area contributed by atoms with E-state index in [4.69, 9.17) is 0 Å². The number of hydrogen-bond donors (Lipinski definition) is 2. The molecule has 6 nitrogen and oxygen atoms in total. The Balaban J connectivity index is 1.82. The van der Waals surface area contributed by atoms with Gasteiger partial charge in [-0.1, -0.05) is 42.5 Å². The minimum absolute atomic E-state index is 0.0194. The van der Waals surface area contributed by atoms with Gasteiger partial charge in [-0.15, -0.1) is 0 Å². The number of H-pyrrole nitrogens is 1. The van der Waals surface area contributed by atoms with Crippen LogP contribution in [0.3, 0.4) is 0 Å². The lowest BCUT2D eigenvalue weighted by atomic mass is 10.1. The molecule has 0 saturated carbocycles. The number of sulfonamides is 1. The molecule has 0 saturated heterocycles. The number of fused-ring (bicyclic) bond motifs is 1. The molecule has 0 atom stereocenters. The van der Waals surface area contributed by atoms with E-state index in [2.05, 4.69) is 14.9 Å². The fourth-order valence-corrected chi connectivity index (χ4v) is 3.70. The maximum atomic E-state index is 12.3. The molecule has 2 N–H and O–H groups in total. The number of hydrogen-bond acceptors (Lipinski definition) is 4. The molecule has 124 valence electrons. The van der Waals surface area contributed by atoms with E-state index < -0.39 is 10.0 Å². The quantitative estimate of drug-likeness (QED) is 0.739. The predicted octanol–water partition coefficient (Wildman–Crippen LogP) is 1.85. The lowest BCUT2D eigenvalue weighted by molar-refractivity contribution is 0.579. The van der Waals surface area contributed by atoms with E-state index in [1.807, 2.05) is 25.1 Å². The maximum Gasteiger partial charge on any atom is 0.272 e. The van der Waals surface area contributed by atoms with Crippen molar-refractivity contribution in [2.75, 3.05) is 0 Å². The molecule has 2 aromatic carbocycles. The Morgan fingerprint density at radius 2 is 1.71 bits per heavy atom. The third-order valence-corrected chi connectivity index (χ3v) is 5.12. The van der Waals surface area contributed by atoms with Crippen molar-refractivity contribution in [2.24, 2.45) is 0 Å². The van der Waals surface area contributed by atoms with Crippen LogP contribution in [0.5, 0.6) is 0 Å². The summed E-state index contributed by atoms with van der Waals surface area (Å²) in [7, 11) is -3.52. The zero-order chi connectivity index (χ0) is 17.2. The summed E-state index contributed by atoms with van der Waals surface area (Å²) in [4.78, 5) is 11.8. The topological polar surface area (TPSA) is 91.9 Å². The van der Waals surface area contributed by atoms with Crippen molar-refractivity contribution in [3.63, 3.8) is 0 Å². The largest absolute Gasteiger partial charge is 0.272 e. The minimum atomic E-state index is -3.52. The van der Waals surface area contributed by atoms with Crippen molar-refractivity contribution in [1.82, 2.24) is 14.9 Å². The van der Waals surface area contributed by atoms with Crippen molar-refractivity contribution in [3.05, 3.63) is 75.7 Å². The van der Waals surface area contributed by atoms with Crippen molar-refractivity contribution < 1.29 is 8.42 Å². The van der Waals surface area contributed by atoms with Gasteiger partial charge in [-0.05, 0) is 24.1 Å². The van der Waals surface area contributed by atoms with Gasteiger partial charge in [-0.2, -0.15) is 5.10 Å². The summed E-state index contributed by atoms with van der Waals surface area (Å²) in [5.41, 5.74) is 1.87. The SMILES string of the molecule is Cc1ccccc1CS(=O)(=O)NCc1n[nH]c(=O)c2ccccc12. The molecule has 0 radical (unpaired) electrons. The van der Waals surface area contributed by atoms with Gasteiger partial charge < -0.3 is 0 Å². The summed E-state index contributed by atoms with van der Waals surface area (Å²) in [5.74, 6) is -0.0963. The van der Waals surface area contributed by atoms with E-state index in [0.29, 0.717) is 16.5 Å². The Morgan fingerprint density at radius 3 is 2.46 bits per heavy atom. The van der Waals surface area contributed by atoms with E-state index in [1.165, 1.54) is 0 Å². The van der Waals surface area contributed by atoms with Gasteiger partial charge in [0.1, 0.15) is 0 Å². The van der Waals surface area contributed by atoms with E-state index in [1.54, 1.807) is 30.3 Å². The van der Waals surface area contributed by atoms with Gasteiger partial charge in [0.2, 0.25) is 10.0 Å². The monoisotopic (exact) mass is 343 g/mol. The number of benzene rings is 2. The molecule has 0 bridgehead atoms. The highest BCUT2D eigenvalue weighted by atomic mass is 32.2. The first-order valence-corrected chi connectivity index (χ1v) is 9.10. The number of nitrogens with one attached hydrogen (secondary N) is 2. The minimum Gasteiger partial charge on any atom is -0.267 e. The summed E-state index contributed by atoms with van der Waals surface area (Å²) in [5, 5.41) is 7.49. The predicted molar refractivity (Wildman–Crippen MR) is 93.0 cm³/mol. The van der Waals surface area contributed by atoms with Crippen molar-refractivity contribution in [1.29, 1.82) is 0 Å². The zero-order valence-corrected chi connectivity index (χ0v) is 13.9. The zero-order valence-electron chi connectivity index (χ0n) is 13.1. The highest BCUT2D eigenvalue weighted by molar-refractivity contribution is 7.88. The second kappa shape index (κ2) is 6.54. The molecule has 1 heterocycles. The molecule has 24 heavy (non-hydrogen) atoms. The van der Waals surface area contributed by atoms with Crippen LogP contribution in [0.4, 0.5) is 0 Å². The third kappa shape index (κ3) is 3.52. The first kappa shape index (κ1) is 16.4. The van der Waals surface area contributed by atoms with Gasteiger partial charge in [0.15, 0.2) is 0 Å². The fourth-order valence-electron chi connectivity index (χ4n) is 2.51. The molecule has 0 unspecified atom stereocenters. The van der Waals surface area contributed by atoms with Gasteiger partial charge in [-0.3, -0.25) is 4.79 Å². The molecule has 0 fully saturated rings. The van der Waals surface area contributed by atoms with Gasteiger partial charge in [-0.25, -0.2) is 18.2 Å². The van der Waals surface area contributed by atoms with Crippen LogP contribution in [0.1, 0.15) is 16.8 Å². The number of nitrogens with zero attached hydrogens (tertiary/aromatic N) is 1. The molecule has 0 amide bonds. The molecule has 0 spiro atoms. The first-order chi connectivity index (χ1) is 11.5. The van der Waals surface area contributed by atoms with Crippen LogP contribution in [0.2, 0.25) is 0 Å². The highest BCUT2D eigenvalue weighted by Gasteiger charge is 2.14. The Kier molecular flexibility index (Phi) is 4.46. The second-order valence-electron chi connectivity index (χ2n) is 5.55. The molecular weight excluding hydrogens is 326 g/mol. The highest BCUT2D eigenvalue weighted by Crippen LogP contribution is 2.14. The molecule has 3 rings (SSSR count). The van der Waals surface area contributed by atoms with E-state index in [-0.39, 0.29) is 17.9 Å². The van der Waals surface area contributed by atoms with Crippen LogP contribution >= 0.6 is 0 Å². The maximum absolute atomic E-state index is 12.3. The second-order valence-corrected chi connectivity index (χ2v) is 7.36. The Hall–Kier alpha value is -2.51. The summed E-state index contributed by atoms with van der Waals surface area (Å²) in [6.45, 7) is 1.90. The molecule has 0 aliphatic carbocycles. The van der Waals surface area contributed by atoms with Gasteiger partial charge in [0.05, 0.1) is 23.4 Å². The van der Waals surface area contributed by atoms with Crippen LogP contribution in [0.25, 0.3) is 10.8 Å². The summed E-state index contributed by atoms with van der Waals surface area (Å²) < 4.78 is 27.2. The van der Waals surface area contributed by atoms with Crippen LogP contribution in [-0.4, -0.2) is 18.6 Å². The third-order valence-electron chi connectivity index (χ3n) is 3.84. The van der Waals surface area contributed by atoms with E-state index in [0.717, 1.165) is 11.1 Å². The molecule has 1 aromatic heterocycles. The summed E-state index contributed by atoms with van der Waals surface area (Å²) >= 11 is 0. The normalized spacial score (nSPS) is 11.7. The van der Waals surface area contributed by atoms with Gasteiger partial charge in [0.25, 0.3) is 5.56 Å². The van der Waals surface area contributed by atoms with E-state index >= 15 is 0 Å². The van der Waals surface area contributed by atoms with Gasteiger partial charge >= 0.3 is 0 Å². The number of aromatic nitrogens is 2. The van der Waals surface area contributed by atoms with Crippen LogP contribution in [0, 0.1) is 6.92 Å². The smallest absolute Gasteiger partial charge is 0.267 e. The summed E-state index contributed by atoms with van der Waals surface area (Å²) in [6, 6.07) is 14.3. The molecule has 7 heteroatoms.